The highest BCUT2D eigenvalue weighted by molar-refractivity contribution is 9.10. The van der Waals surface area contributed by atoms with Gasteiger partial charge in [-0.2, -0.15) is 0 Å². The van der Waals surface area contributed by atoms with Crippen molar-refractivity contribution >= 4 is 61.3 Å². The molecular weight excluding hydrogens is 492 g/mol. The molecule has 0 spiro atoms. The number of hydrogen-bond donors (Lipinski definition) is 2. The molecule has 0 saturated heterocycles. The van der Waals surface area contributed by atoms with Crippen LogP contribution in [0.25, 0.3) is 11.3 Å². The maximum Gasteiger partial charge on any atom is 0.273 e. The minimum absolute atomic E-state index is 0.0417. The molecule has 3 aromatic rings. The Bertz CT molecular complexity index is 1150. The van der Waals surface area contributed by atoms with Gasteiger partial charge < -0.3 is 10.1 Å². The number of amides is 1. The van der Waals surface area contributed by atoms with E-state index in [2.05, 4.69) is 31.5 Å². The minimum atomic E-state index is -0.550. The number of halogens is 1. The number of carbonyl (C=O) groups is 1. The van der Waals surface area contributed by atoms with E-state index in [9.17, 15) is 14.9 Å². The second kappa shape index (κ2) is 9.28. The number of nitrogens with zero attached hydrogens (tertiary/aromatic N) is 2. The second-order valence-electron chi connectivity index (χ2n) is 6.05. The first-order valence-corrected chi connectivity index (χ1v) is 10.5. The van der Waals surface area contributed by atoms with Gasteiger partial charge in [0.15, 0.2) is 10.2 Å². The zero-order valence-corrected chi connectivity index (χ0v) is 19.0. The molecule has 0 unspecified atom stereocenters. The molecule has 3 rings (SSSR count). The first-order valence-electron chi connectivity index (χ1n) is 8.45. The summed E-state index contributed by atoms with van der Waals surface area (Å²) in [5, 5.41) is 18.8. The summed E-state index contributed by atoms with van der Waals surface area (Å²) in [6.45, 7) is 1.60. The number of rotatable bonds is 5. The van der Waals surface area contributed by atoms with Gasteiger partial charge >= 0.3 is 0 Å². The van der Waals surface area contributed by atoms with Gasteiger partial charge in [0.25, 0.3) is 11.6 Å². The van der Waals surface area contributed by atoms with Gasteiger partial charge in [0.2, 0.25) is 0 Å². The molecular formula is C19H15BrN4O4S2. The number of thiocarbonyl (C=S) groups is 1. The first-order chi connectivity index (χ1) is 14.3. The third-order valence-corrected chi connectivity index (χ3v) is 5.65. The summed E-state index contributed by atoms with van der Waals surface area (Å²) in [4.78, 5) is 27.3. The summed E-state index contributed by atoms with van der Waals surface area (Å²) in [5.41, 5.74) is 2.09. The molecule has 0 fully saturated rings. The Kier molecular flexibility index (Phi) is 6.75. The Hall–Kier alpha value is -2.89. The minimum Gasteiger partial charge on any atom is -0.496 e. The molecule has 2 aromatic carbocycles. The number of aromatic nitrogens is 1. The van der Waals surface area contributed by atoms with Crippen molar-refractivity contribution in [2.45, 2.75) is 6.92 Å². The normalized spacial score (nSPS) is 10.4. The summed E-state index contributed by atoms with van der Waals surface area (Å²) in [6, 6.07) is 9.84. The lowest BCUT2D eigenvalue weighted by Gasteiger charge is -2.08. The highest BCUT2D eigenvalue weighted by atomic mass is 79.9. The van der Waals surface area contributed by atoms with Crippen molar-refractivity contribution in [1.82, 2.24) is 10.3 Å². The monoisotopic (exact) mass is 506 g/mol. The molecule has 8 nitrogen and oxygen atoms in total. The quantitative estimate of drug-likeness (QED) is 0.287. The van der Waals surface area contributed by atoms with Crippen LogP contribution in [-0.4, -0.2) is 28.0 Å². The topological polar surface area (TPSA) is 106 Å². The number of ether oxygens (including phenoxy) is 1. The molecule has 2 N–H and O–H groups in total. The Balaban J connectivity index is 1.67. The first kappa shape index (κ1) is 21.8. The zero-order chi connectivity index (χ0) is 21.8. The SMILES string of the molecule is COc1ccc(-c2csc(NC(=S)NC(=O)c3ccc(C)c([N+](=O)[O-])c3)n2)cc1Br. The number of aryl methyl sites for hydroxylation is 1. The highest BCUT2D eigenvalue weighted by Crippen LogP contribution is 2.32. The van der Waals surface area contributed by atoms with Crippen LogP contribution >= 0.6 is 39.5 Å². The predicted octanol–water partition coefficient (Wildman–Crippen LogP) is 4.92. The average Bonchev–Trinajstić information content (AvgIpc) is 3.16. The van der Waals surface area contributed by atoms with E-state index in [0.717, 1.165) is 15.7 Å². The fourth-order valence-corrected chi connectivity index (χ4v) is 4.06. The van der Waals surface area contributed by atoms with Crippen molar-refractivity contribution in [1.29, 1.82) is 0 Å². The molecule has 1 aromatic heterocycles. The maximum atomic E-state index is 12.4. The van der Waals surface area contributed by atoms with Gasteiger partial charge in [-0.3, -0.25) is 20.2 Å². The van der Waals surface area contributed by atoms with E-state index in [1.54, 1.807) is 14.0 Å². The number of anilines is 1. The summed E-state index contributed by atoms with van der Waals surface area (Å²) in [5.74, 6) is 0.166. The number of thiazole rings is 1. The maximum absolute atomic E-state index is 12.4. The number of nitro benzene ring substituents is 1. The van der Waals surface area contributed by atoms with E-state index in [1.807, 2.05) is 23.6 Å². The van der Waals surface area contributed by atoms with Gasteiger partial charge in [0.1, 0.15) is 5.75 Å². The van der Waals surface area contributed by atoms with Gasteiger partial charge in [-0.1, -0.05) is 6.07 Å². The van der Waals surface area contributed by atoms with E-state index >= 15 is 0 Å². The van der Waals surface area contributed by atoms with E-state index in [4.69, 9.17) is 17.0 Å². The zero-order valence-electron chi connectivity index (χ0n) is 15.8. The fraction of sp³-hybridized carbons (Fsp3) is 0.105. The summed E-state index contributed by atoms with van der Waals surface area (Å²) in [6.07, 6.45) is 0. The van der Waals surface area contributed by atoms with Crippen molar-refractivity contribution in [2.24, 2.45) is 0 Å². The third kappa shape index (κ3) is 4.99. The molecule has 0 aliphatic carbocycles. The lowest BCUT2D eigenvalue weighted by molar-refractivity contribution is -0.385. The van der Waals surface area contributed by atoms with Crippen molar-refractivity contribution in [2.75, 3.05) is 12.4 Å². The van der Waals surface area contributed by atoms with Crippen LogP contribution in [0.3, 0.4) is 0 Å². The van der Waals surface area contributed by atoms with E-state index in [0.29, 0.717) is 16.4 Å². The molecule has 0 atom stereocenters. The Morgan fingerprint density at radius 2 is 2.07 bits per heavy atom. The van der Waals surface area contributed by atoms with Gasteiger partial charge in [-0.15, -0.1) is 11.3 Å². The molecule has 154 valence electrons. The second-order valence-corrected chi connectivity index (χ2v) is 8.17. The largest absolute Gasteiger partial charge is 0.496 e. The highest BCUT2D eigenvalue weighted by Gasteiger charge is 2.16. The third-order valence-electron chi connectivity index (χ3n) is 4.07. The molecule has 0 bridgehead atoms. The Morgan fingerprint density at radius 1 is 1.30 bits per heavy atom. The van der Waals surface area contributed by atoms with Crippen LogP contribution in [0.5, 0.6) is 5.75 Å². The van der Waals surface area contributed by atoms with Crippen LogP contribution in [0, 0.1) is 17.0 Å². The molecule has 30 heavy (non-hydrogen) atoms. The molecule has 1 heterocycles. The van der Waals surface area contributed by atoms with Gasteiger partial charge in [-0.25, -0.2) is 4.98 Å². The number of carbonyl (C=O) groups excluding carboxylic acids is 1. The van der Waals surface area contributed by atoms with Gasteiger partial charge in [0, 0.05) is 28.1 Å². The van der Waals surface area contributed by atoms with E-state index < -0.39 is 10.8 Å². The van der Waals surface area contributed by atoms with Crippen molar-refractivity contribution in [3.63, 3.8) is 0 Å². The number of hydrogen-bond acceptors (Lipinski definition) is 7. The molecule has 0 saturated carbocycles. The van der Waals surface area contributed by atoms with Crippen LogP contribution in [0.4, 0.5) is 10.8 Å². The van der Waals surface area contributed by atoms with Gasteiger partial charge in [0.05, 0.1) is 22.2 Å². The molecule has 11 heteroatoms. The van der Waals surface area contributed by atoms with E-state index in [1.165, 1.54) is 29.5 Å². The van der Waals surface area contributed by atoms with E-state index in [-0.39, 0.29) is 16.4 Å². The molecule has 1 amide bonds. The van der Waals surface area contributed by atoms with Crippen LogP contribution in [0.2, 0.25) is 0 Å². The molecule has 0 aliphatic heterocycles. The Morgan fingerprint density at radius 3 is 2.73 bits per heavy atom. The van der Waals surface area contributed by atoms with Crippen molar-refractivity contribution in [3.8, 4) is 17.0 Å². The Labute approximate surface area is 189 Å². The van der Waals surface area contributed by atoms with Crippen molar-refractivity contribution in [3.05, 3.63) is 67.5 Å². The standard InChI is InChI=1S/C19H15BrN4O4S2/c1-10-3-4-12(8-15(10)24(26)27)17(25)22-18(29)23-19-21-14(9-30-19)11-5-6-16(28-2)13(20)7-11/h3-9H,1-2H3,(H2,21,22,23,25,29). The number of benzene rings is 2. The number of methoxy groups -OCH3 is 1. The van der Waals surface area contributed by atoms with Crippen LogP contribution < -0.4 is 15.4 Å². The lowest BCUT2D eigenvalue weighted by atomic mass is 10.1. The summed E-state index contributed by atoms with van der Waals surface area (Å²) >= 11 is 9.93. The van der Waals surface area contributed by atoms with Crippen LogP contribution in [-0.2, 0) is 0 Å². The van der Waals surface area contributed by atoms with Crippen LogP contribution in [0.15, 0.2) is 46.3 Å². The lowest BCUT2D eigenvalue weighted by Crippen LogP contribution is -2.34. The predicted molar refractivity (Wildman–Crippen MR) is 123 cm³/mol. The molecule has 0 radical (unpaired) electrons. The summed E-state index contributed by atoms with van der Waals surface area (Å²) < 4.78 is 6.03. The van der Waals surface area contributed by atoms with Crippen LogP contribution in [0.1, 0.15) is 15.9 Å². The van der Waals surface area contributed by atoms with Crippen molar-refractivity contribution < 1.29 is 14.5 Å². The van der Waals surface area contributed by atoms with Gasteiger partial charge in [-0.05, 0) is 59.3 Å². The number of nitro groups is 1. The molecule has 0 aliphatic rings. The fourth-order valence-electron chi connectivity index (χ4n) is 2.54. The summed E-state index contributed by atoms with van der Waals surface area (Å²) in [7, 11) is 1.59. The average molecular weight is 507 g/mol. The smallest absolute Gasteiger partial charge is 0.273 e. The number of nitrogens with one attached hydrogen (secondary N) is 2.